The Hall–Kier alpha value is -1.26. The lowest BCUT2D eigenvalue weighted by molar-refractivity contribution is 0.100. The molecule has 0 saturated heterocycles. The molecule has 5 heteroatoms. The molecule has 1 amide bonds. The second-order valence-corrected chi connectivity index (χ2v) is 4.11. The van der Waals surface area contributed by atoms with E-state index in [0.717, 1.165) is 26.1 Å². The number of primary amides is 1. The maximum atomic E-state index is 11.3. The third-order valence-electron chi connectivity index (χ3n) is 2.30. The van der Waals surface area contributed by atoms with E-state index in [4.69, 9.17) is 17.3 Å². The van der Waals surface area contributed by atoms with Crippen LogP contribution < -0.4 is 16.4 Å². The van der Waals surface area contributed by atoms with Crippen molar-refractivity contribution in [3.8, 4) is 0 Å². The zero-order valence-electron chi connectivity index (χ0n) is 9.92. The molecule has 1 rings (SSSR count). The van der Waals surface area contributed by atoms with Crippen molar-refractivity contribution in [2.75, 3.05) is 25.0 Å². The van der Waals surface area contributed by atoms with E-state index in [1.54, 1.807) is 18.2 Å². The summed E-state index contributed by atoms with van der Waals surface area (Å²) in [6.07, 6.45) is 1.10. The van der Waals surface area contributed by atoms with Crippen LogP contribution in [-0.2, 0) is 0 Å². The van der Waals surface area contributed by atoms with Gasteiger partial charge in [-0.15, -0.1) is 0 Å². The topological polar surface area (TPSA) is 67.2 Å². The Morgan fingerprint density at radius 3 is 2.76 bits per heavy atom. The van der Waals surface area contributed by atoms with E-state index in [1.165, 1.54) is 0 Å². The van der Waals surface area contributed by atoms with E-state index in [2.05, 4.69) is 17.6 Å². The molecule has 0 fully saturated rings. The van der Waals surface area contributed by atoms with Gasteiger partial charge in [-0.25, -0.2) is 0 Å². The molecular formula is C12H18ClN3O. The van der Waals surface area contributed by atoms with Gasteiger partial charge in [-0.3, -0.25) is 4.79 Å². The number of carbonyl (C=O) groups is 1. The van der Waals surface area contributed by atoms with Gasteiger partial charge in [0.2, 0.25) is 0 Å². The molecule has 0 radical (unpaired) electrons. The molecule has 0 bridgehead atoms. The van der Waals surface area contributed by atoms with Crippen LogP contribution in [-0.4, -0.2) is 25.5 Å². The van der Waals surface area contributed by atoms with Crippen molar-refractivity contribution in [2.45, 2.75) is 13.3 Å². The summed E-state index contributed by atoms with van der Waals surface area (Å²) >= 11 is 5.93. The van der Waals surface area contributed by atoms with E-state index < -0.39 is 5.91 Å². The molecule has 0 spiro atoms. The zero-order chi connectivity index (χ0) is 12.7. The predicted octanol–water partition coefficient (Wildman–Crippen LogP) is 1.85. The molecule has 0 unspecified atom stereocenters. The lowest BCUT2D eigenvalue weighted by Gasteiger charge is -2.11. The Morgan fingerprint density at radius 1 is 1.35 bits per heavy atom. The largest absolute Gasteiger partial charge is 0.383 e. The fourth-order valence-electron chi connectivity index (χ4n) is 1.51. The van der Waals surface area contributed by atoms with Gasteiger partial charge in [0.15, 0.2) is 0 Å². The summed E-state index contributed by atoms with van der Waals surface area (Å²) in [7, 11) is 0. The van der Waals surface area contributed by atoms with Gasteiger partial charge in [0.1, 0.15) is 0 Å². The number of nitrogens with two attached hydrogens (primary N) is 1. The van der Waals surface area contributed by atoms with Crippen molar-refractivity contribution < 1.29 is 4.79 Å². The van der Waals surface area contributed by atoms with Gasteiger partial charge in [-0.1, -0.05) is 24.6 Å². The minimum Gasteiger partial charge on any atom is -0.383 e. The zero-order valence-corrected chi connectivity index (χ0v) is 10.7. The Balaban J connectivity index is 2.58. The summed E-state index contributed by atoms with van der Waals surface area (Å²) < 4.78 is 0. The molecule has 0 saturated carbocycles. The highest BCUT2D eigenvalue weighted by Gasteiger charge is 2.11. The van der Waals surface area contributed by atoms with Gasteiger partial charge in [0, 0.05) is 18.8 Å². The maximum Gasteiger partial charge on any atom is 0.252 e. The minimum absolute atomic E-state index is 0.352. The number of hydrogen-bond donors (Lipinski definition) is 3. The highest BCUT2D eigenvalue weighted by molar-refractivity contribution is 6.34. The molecule has 4 nitrogen and oxygen atoms in total. The lowest BCUT2D eigenvalue weighted by Crippen LogP contribution is -2.24. The lowest BCUT2D eigenvalue weighted by atomic mass is 10.1. The summed E-state index contributed by atoms with van der Waals surface area (Å²) in [5.41, 5.74) is 6.32. The van der Waals surface area contributed by atoms with Crippen LogP contribution >= 0.6 is 11.6 Å². The second-order valence-electron chi connectivity index (χ2n) is 3.70. The fourth-order valence-corrected chi connectivity index (χ4v) is 1.78. The van der Waals surface area contributed by atoms with Gasteiger partial charge in [-0.05, 0) is 25.1 Å². The number of hydrogen-bond acceptors (Lipinski definition) is 3. The molecule has 17 heavy (non-hydrogen) atoms. The Morgan fingerprint density at radius 2 is 2.12 bits per heavy atom. The predicted molar refractivity (Wildman–Crippen MR) is 71.6 cm³/mol. The van der Waals surface area contributed by atoms with Crippen LogP contribution in [0.2, 0.25) is 5.02 Å². The summed E-state index contributed by atoms with van der Waals surface area (Å²) in [4.78, 5) is 11.3. The van der Waals surface area contributed by atoms with Crippen molar-refractivity contribution in [2.24, 2.45) is 5.73 Å². The molecule has 4 N–H and O–H groups in total. The smallest absolute Gasteiger partial charge is 0.252 e. The number of carbonyl (C=O) groups excluding carboxylic acids is 1. The first-order valence-corrected chi connectivity index (χ1v) is 6.07. The van der Waals surface area contributed by atoms with Crippen LogP contribution in [0.3, 0.4) is 0 Å². The summed E-state index contributed by atoms with van der Waals surface area (Å²) in [6.45, 7) is 4.65. The third-order valence-corrected chi connectivity index (χ3v) is 2.62. The normalized spacial score (nSPS) is 10.2. The Labute approximate surface area is 107 Å². The SMILES string of the molecule is CCCNCCNc1cccc(Cl)c1C(N)=O. The highest BCUT2D eigenvalue weighted by atomic mass is 35.5. The Kier molecular flexibility index (Phi) is 5.80. The van der Waals surface area contributed by atoms with Gasteiger partial charge in [-0.2, -0.15) is 0 Å². The number of anilines is 1. The van der Waals surface area contributed by atoms with Crippen molar-refractivity contribution >= 4 is 23.2 Å². The minimum atomic E-state index is -0.514. The van der Waals surface area contributed by atoms with Crippen molar-refractivity contribution in [3.63, 3.8) is 0 Å². The van der Waals surface area contributed by atoms with Gasteiger partial charge >= 0.3 is 0 Å². The van der Waals surface area contributed by atoms with Crippen molar-refractivity contribution in [1.29, 1.82) is 0 Å². The van der Waals surface area contributed by atoms with Crippen LogP contribution in [0.4, 0.5) is 5.69 Å². The number of rotatable bonds is 7. The van der Waals surface area contributed by atoms with Gasteiger partial charge in [0.05, 0.1) is 10.6 Å². The van der Waals surface area contributed by atoms with E-state index in [1.807, 2.05) is 0 Å². The van der Waals surface area contributed by atoms with Crippen LogP contribution in [0.1, 0.15) is 23.7 Å². The third kappa shape index (κ3) is 4.24. The van der Waals surface area contributed by atoms with Crippen LogP contribution in [0.25, 0.3) is 0 Å². The molecule has 94 valence electrons. The number of nitrogens with one attached hydrogen (secondary N) is 2. The standard InChI is InChI=1S/C12H18ClN3O/c1-2-6-15-7-8-16-10-5-3-4-9(13)11(10)12(14)17/h3-5,15-16H,2,6-8H2,1H3,(H2,14,17). The summed E-state index contributed by atoms with van der Waals surface area (Å²) in [6, 6.07) is 5.24. The first kappa shape index (κ1) is 13.8. The summed E-state index contributed by atoms with van der Waals surface area (Å²) in [5, 5.41) is 6.78. The molecule has 0 atom stereocenters. The van der Waals surface area contributed by atoms with E-state index in [0.29, 0.717) is 16.3 Å². The van der Waals surface area contributed by atoms with Crippen LogP contribution in [0.5, 0.6) is 0 Å². The van der Waals surface area contributed by atoms with Crippen molar-refractivity contribution in [1.82, 2.24) is 5.32 Å². The average Bonchev–Trinajstić information content (AvgIpc) is 2.28. The average molecular weight is 256 g/mol. The van der Waals surface area contributed by atoms with Crippen molar-refractivity contribution in [3.05, 3.63) is 28.8 Å². The summed E-state index contributed by atoms with van der Waals surface area (Å²) in [5.74, 6) is -0.514. The van der Waals surface area contributed by atoms with Gasteiger partial charge in [0.25, 0.3) is 5.91 Å². The van der Waals surface area contributed by atoms with E-state index in [9.17, 15) is 4.79 Å². The molecular weight excluding hydrogens is 238 g/mol. The quantitative estimate of drug-likeness (QED) is 0.652. The monoisotopic (exact) mass is 255 g/mol. The molecule has 0 aromatic heterocycles. The number of halogens is 1. The molecule has 1 aromatic rings. The molecule has 1 aromatic carbocycles. The van der Waals surface area contributed by atoms with Crippen LogP contribution in [0, 0.1) is 0 Å². The fraction of sp³-hybridized carbons (Fsp3) is 0.417. The molecule has 0 aliphatic rings. The number of benzene rings is 1. The first-order valence-electron chi connectivity index (χ1n) is 5.69. The molecule has 0 heterocycles. The molecule has 0 aliphatic heterocycles. The van der Waals surface area contributed by atoms with Crippen LogP contribution in [0.15, 0.2) is 18.2 Å². The Bertz CT molecular complexity index is 382. The first-order chi connectivity index (χ1) is 8.16. The maximum absolute atomic E-state index is 11.3. The van der Waals surface area contributed by atoms with E-state index in [-0.39, 0.29) is 0 Å². The van der Waals surface area contributed by atoms with E-state index >= 15 is 0 Å². The highest BCUT2D eigenvalue weighted by Crippen LogP contribution is 2.23. The second kappa shape index (κ2) is 7.14. The van der Waals surface area contributed by atoms with Gasteiger partial charge < -0.3 is 16.4 Å². The number of amides is 1. The molecule has 0 aliphatic carbocycles.